The second kappa shape index (κ2) is 8.22. The smallest absolute Gasteiger partial charge is 0.222 e. The molecule has 0 spiro atoms. The average Bonchev–Trinajstić information content (AvgIpc) is 2.85. The number of ether oxygens (including phenoxy) is 1. The number of rotatable bonds is 7. The summed E-state index contributed by atoms with van der Waals surface area (Å²) in [4.78, 5) is 24.9. The highest BCUT2D eigenvalue weighted by Crippen LogP contribution is 2.22. The Morgan fingerprint density at radius 3 is 2.73 bits per heavy atom. The molecule has 1 fully saturated rings. The summed E-state index contributed by atoms with van der Waals surface area (Å²) in [6.07, 6.45) is 1.42. The molecule has 1 saturated heterocycles. The van der Waals surface area contributed by atoms with E-state index in [9.17, 15) is 9.59 Å². The predicted octanol–water partition coefficient (Wildman–Crippen LogP) is 2.76. The van der Waals surface area contributed by atoms with Gasteiger partial charge >= 0.3 is 0 Å². The fraction of sp³-hybridized carbons (Fsp3) is 0.529. The highest BCUT2D eigenvalue weighted by molar-refractivity contribution is 8.13. The molecule has 120 valence electrons. The first kappa shape index (κ1) is 16.9. The van der Waals surface area contributed by atoms with Crippen molar-refractivity contribution in [2.75, 3.05) is 25.4 Å². The van der Waals surface area contributed by atoms with Gasteiger partial charge < -0.3 is 9.64 Å². The molecular formula is C17H23NO3S. The van der Waals surface area contributed by atoms with E-state index in [0.717, 1.165) is 31.0 Å². The van der Waals surface area contributed by atoms with Crippen molar-refractivity contribution in [2.24, 2.45) is 5.92 Å². The van der Waals surface area contributed by atoms with E-state index in [1.54, 1.807) is 6.92 Å². The number of benzene rings is 1. The van der Waals surface area contributed by atoms with Crippen molar-refractivity contribution in [3.05, 3.63) is 29.8 Å². The zero-order valence-electron chi connectivity index (χ0n) is 13.2. The summed E-state index contributed by atoms with van der Waals surface area (Å²) in [5.74, 6) is 2.15. The van der Waals surface area contributed by atoms with Crippen LogP contribution in [-0.2, 0) is 16.0 Å². The van der Waals surface area contributed by atoms with Crippen LogP contribution in [0.4, 0.5) is 0 Å². The van der Waals surface area contributed by atoms with Crippen LogP contribution in [0.15, 0.2) is 24.3 Å². The number of thioether (sulfide) groups is 1. The van der Waals surface area contributed by atoms with Crippen molar-refractivity contribution in [3.63, 3.8) is 0 Å². The minimum atomic E-state index is 0.125. The van der Waals surface area contributed by atoms with E-state index >= 15 is 0 Å². The number of likely N-dealkylation sites (tertiary alicyclic amines) is 1. The highest BCUT2D eigenvalue weighted by Gasteiger charge is 2.29. The van der Waals surface area contributed by atoms with Gasteiger partial charge in [0.05, 0.1) is 6.61 Å². The van der Waals surface area contributed by atoms with E-state index in [4.69, 9.17) is 4.74 Å². The molecule has 1 unspecified atom stereocenters. The van der Waals surface area contributed by atoms with Gasteiger partial charge in [0.1, 0.15) is 5.75 Å². The van der Waals surface area contributed by atoms with Crippen molar-refractivity contribution in [2.45, 2.75) is 26.7 Å². The highest BCUT2D eigenvalue weighted by atomic mass is 32.2. The monoisotopic (exact) mass is 321 g/mol. The van der Waals surface area contributed by atoms with Gasteiger partial charge in [0.15, 0.2) is 5.12 Å². The molecule has 4 nitrogen and oxygen atoms in total. The molecule has 0 aromatic heterocycles. The predicted molar refractivity (Wildman–Crippen MR) is 89.1 cm³/mol. The van der Waals surface area contributed by atoms with Gasteiger partial charge in [0.2, 0.25) is 5.91 Å². The summed E-state index contributed by atoms with van der Waals surface area (Å²) in [5.41, 5.74) is 1.21. The molecule has 1 aromatic carbocycles. The second-order valence-corrected chi connectivity index (χ2v) is 6.74. The number of hydrogen-bond donors (Lipinski definition) is 0. The fourth-order valence-electron chi connectivity index (χ4n) is 2.60. The SMILES string of the molecule is CCOc1ccc(CCN2CC(CSC(C)=O)CC2=O)cc1. The maximum atomic E-state index is 12.0. The van der Waals surface area contributed by atoms with Crippen molar-refractivity contribution in [1.29, 1.82) is 0 Å². The van der Waals surface area contributed by atoms with Gasteiger partial charge in [-0.1, -0.05) is 23.9 Å². The topological polar surface area (TPSA) is 46.6 Å². The maximum Gasteiger partial charge on any atom is 0.222 e. The molecule has 1 aliphatic heterocycles. The average molecular weight is 321 g/mol. The molecule has 0 aliphatic carbocycles. The minimum Gasteiger partial charge on any atom is -0.494 e. The maximum absolute atomic E-state index is 12.0. The lowest BCUT2D eigenvalue weighted by Crippen LogP contribution is -2.27. The van der Waals surface area contributed by atoms with Gasteiger partial charge in [0, 0.05) is 32.2 Å². The van der Waals surface area contributed by atoms with Gasteiger partial charge in [-0.3, -0.25) is 9.59 Å². The third-order valence-corrected chi connectivity index (χ3v) is 4.77. The molecular weight excluding hydrogens is 298 g/mol. The molecule has 22 heavy (non-hydrogen) atoms. The molecule has 0 radical (unpaired) electrons. The van der Waals surface area contributed by atoms with Crippen LogP contribution in [0.2, 0.25) is 0 Å². The van der Waals surface area contributed by atoms with Gasteiger partial charge in [-0.25, -0.2) is 0 Å². The lowest BCUT2D eigenvalue weighted by atomic mass is 10.1. The minimum absolute atomic E-state index is 0.125. The van der Waals surface area contributed by atoms with Gasteiger partial charge in [0.25, 0.3) is 0 Å². The zero-order valence-corrected chi connectivity index (χ0v) is 14.0. The zero-order chi connectivity index (χ0) is 15.9. The molecule has 1 aromatic rings. The second-order valence-electron chi connectivity index (χ2n) is 5.54. The Hall–Kier alpha value is -1.49. The fourth-order valence-corrected chi connectivity index (χ4v) is 3.29. The van der Waals surface area contributed by atoms with E-state index in [0.29, 0.717) is 18.9 Å². The van der Waals surface area contributed by atoms with Crippen molar-refractivity contribution in [3.8, 4) is 5.75 Å². The van der Waals surface area contributed by atoms with E-state index in [-0.39, 0.29) is 11.0 Å². The third kappa shape index (κ3) is 5.05. The molecule has 1 heterocycles. The Bertz CT molecular complexity index is 515. The summed E-state index contributed by atoms with van der Waals surface area (Å²) < 4.78 is 5.42. The number of nitrogens with zero attached hydrogens (tertiary/aromatic N) is 1. The first-order valence-electron chi connectivity index (χ1n) is 7.71. The van der Waals surface area contributed by atoms with Crippen molar-refractivity contribution in [1.82, 2.24) is 4.90 Å². The van der Waals surface area contributed by atoms with E-state index < -0.39 is 0 Å². The molecule has 1 amide bonds. The number of carbonyl (C=O) groups excluding carboxylic acids is 2. The van der Waals surface area contributed by atoms with Crippen LogP contribution in [0.1, 0.15) is 25.8 Å². The number of carbonyl (C=O) groups is 2. The van der Waals surface area contributed by atoms with Crippen LogP contribution < -0.4 is 4.74 Å². The number of amides is 1. The summed E-state index contributed by atoms with van der Waals surface area (Å²) in [7, 11) is 0. The third-order valence-electron chi connectivity index (χ3n) is 3.72. The quantitative estimate of drug-likeness (QED) is 0.775. The van der Waals surface area contributed by atoms with Gasteiger partial charge in [-0.15, -0.1) is 0 Å². The van der Waals surface area contributed by atoms with Crippen LogP contribution in [-0.4, -0.2) is 41.4 Å². The van der Waals surface area contributed by atoms with Crippen LogP contribution in [0.25, 0.3) is 0 Å². The Morgan fingerprint density at radius 1 is 1.36 bits per heavy atom. The first-order valence-corrected chi connectivity index (χ1v) is 8.70. The van der Waals surface area contributed by atoms with E-state index in [2.05, 4.69) is 12.1 Å². The standard InChI is InChI=1S/C17H23NO3S/c1-3-21-16-6-4-14(5-7-16)8-9-18-11-15(10-17(18)20)12-22-13(2)19/h4-7,15H,3,8-12H2,1-2H3. The van der Waals surface area contributed by atoms with Crippen LogP contribution in [0, 0.1) is 5.92 Å². The lowest BCUT2D eigenvalue weighted by molar-refractivity contribution is -0.127. The Balaban J connectivity index is 1.78. The van der Waals surface area contributed by atoms with Crippen molar-refractivity contribution < 1.29 is 14.3 Å². The van der Waals surface area contributed by atoms with Crippen LogP contribution in [0.3, 0.4) is 0 Å². The largest absolute Gasteiger partial charge is 0.494 e. The van der Waals surface area contributed by atoms with Crippen LogP contribution in [0.5, 0.6) is 5.75 Å². The van der Waals surface area contributed by atoms with Crippen molar-refractivity contribution >= 4 is 22.8 Å². The van der Waals surface area contributed by atoms with Gasteiger partial charge in [-0.05, 0) is 37.0 Å². The Morgan fingerprint density at radius 2 is 2.09 bits per heavy atom. The lowest BCUT2D eigenvalue weighted by Gasteiger charge is -2.16. The molecule has 1 aliphatic rings. The summed E-state index contributed by atoms with van der Waals surface area (Å²) in [5, 5.41) is 0.125. The van der Waals surface area contributed by atoms with Gasteiger partial charge in [-0.2, -0.15) is 0 Å². The molecule has 5 heteroatoms. The number of hydrogen-bond acceptors (Lipinski definition) is 4. The molecule has 0 bridgehead atoms. The summed E-state index contributed by atoms with van der Waals surface area (Å²) >= 11 is 1.32. The Labute approximate surface area is 136 Å². The molecule has 1 atom stereocenters. The summed E-state index contributed by atoms with van der Waals surface area (Å²) in [6.45, 7) is 5.73. The van der Waals surface area contributed by atoms with Crippen LogP contribution >= 0.6 is 11.8 Å². The molecule has 2 rings (SSSR count). The van der Waals surface area contributed by atoms with E-state index in [1.807, 2.05) is 24.0 Å². The first-order chi connectivity index (χ1) is 10.6. The normalized spacial score (nSPS) is 17.8. The van der Waals surface area contributed by atoms with E-state index in [1.165, 1.54) is 17.3 Å². The summed E-state index contributed by atoms with van der Waals surface area (Å²) in [6, 6.07) is 8.04. The Kier molecular flexibility index (Phi) is 6.31. The molecule has 0 N–H and O–H groups in total. The molecule has 0 saturated carbocycles.